The van der Waals surface area contributed by atoms with E-state index in [1.807, 2.05) is 14.7 Å². The summed E-state index contributed by atoms with van der Waals surface area (Å²) in [5, 5.41) is 0. The molecule has 0 atom stereocenters. The number of rotatable bonds is 5. The van der Waals surface area contributed by atoms with Crippen molar-refractivity contribution in [3.8, 4) is 0 Å². The van der Waals surface area contributed by atoms with E-state index in [4.69, 9.17) is 0 Å². The Hall–Kier alpha value is -1.76. The Bertz CT molecular complexity index is 571. The summed E-state index contributed by atoms with van der Waals surface area (Å²) in [5.41, 5.74) is 1.89. The van der Waals surface area contributed by atoms with Gasteiger partial charge in [0.1, 0.15) is 11.4 Å². The predicted molar refractivity (Wildman–Crippen MR) is 91.3 cm³/mol. The topological polar surface area (TPSA) is 46.4 Å². The van der Waals surface area contributed by atoms with Crippen molar-refractivity contribution >= 4 is 19.5 Å². The number of allylic oxidation sites excluding steroid dienone is 1. The van der Waals surface area contributed by atoms with Crippen LogP contribution in [0, 0.1) is 0 Å². The molecule has 124 valence electrons. The van der Waals surface area contributed by atoms with Crippen molar-refractivity contribution < 1.29 is 9.59 Å². The number of Topliss-reactive ketones (excluding diaryl/α,β-unsaturated/α-hetero) is 1. The van der Waals surface area contributed by atoms with Gasteiger partial charge in [0.25, 0.3) is 0 Å². The fourth-order valence-electron chi connectivity index (χ4n) is 2.50. The monoisotopic (exact) mass is 316 g/mol. The second kappa shape index (κ2) is 6.39. The second-order valence-corrected chi connectivity index (χ2v) is 6.37. The zero-order valence-corrected chi connectivity index (χ0v) is 14.3. The Morgan fingerprint density at radius 3 is 1.78 bits per heavy atom. The molecule has 7 heteroatoms. The van der Waals surface area contributed by atoms with Gasteiger partial charge in [-0.05, 0) is 13.1 Å². The van der Waals surface area contributed by atoms with E-state index in [0.717, 1.165) is 52.4 Å². The Balaban J connectivity index is 0.000000227. The van der Waals surface area contributed by atoms with Crippen LogP contribution >= 0.6 is 0 Å². The van der Waals surface area contributed by atoms with Crippen LogP contribution in [0.25, 0.3) is 0 Å². The molecule has 1 aliphatic carbocycles. The minimum Gasteiger partial charge on any atom is -0.365 e. The van der Waals surface area contributed by atoms with Crippen molar-refractivity contribution in [1.82, 2.24) is 19.5 Å². The third-order valence-corrected chi connectivity index (χ3v) is 4.57. The molecular weight excluding hydrogens is 291 g/mol. The molecule has 0 bridgehead atoms. The van der Waals surface area contributed by atoms with E-state index in [1.54, 1.807) is 0 Å². The van der Waals surface area contributed by atoms with Crippen LogP contribution in [0.4, 0.5) is 0 Å². The molecule has 0 spiro atoms. The van der Waals surface area contributed by atoms with Crippen molar-refractivity contribution in [2.45, 2.75) is 13.8 Å². The Kier molecular flexibility index (Phi) is 4.48. The van der Waals surface area contributed by atoms with Gasteiger partial charge in [-0.3, -0.25) is 9.59 Å². The van der Waals surface area contributed by atoms with E-state index in [9.17, 15) is 9.59 Å². The standard InChI is InChI=1S/C12H13N3O2.C4H12BN/c16-9-7-8(13-1-2-13)12(17)11(15-5-6-15)10(9)14-3-4-14;1-3-6(5)4-2/h7H,1-6H2;3-5H2,1-2H3. The molecule has 0 aromatic heterocycles. The largest absolute Gasteiger partial charge is 0.365 e. The zero-order valence-electron chi connectivity index (χ0n) is 14.3. The summed E-state index contributed by atoms with van der Waals surface area (Å²) in [6.45, 7) is 12.0. The summed E-state index contributed by atoms with van der Waals surface area (Å²) in [5.74, 6) is 0.0485. The number of hydrogen-bond acceptors (Lipinski definition) is 6. The summed E-state index contributed by atoms with van der Waals surface area (Å²) in [7, 11) is 2.11. The van der Waals surface area contributed by atoms with Gasteiger partial charge in [0.2, 0.25) is 11.6 Å². The minimum atomic E-state index is 0.00546. The molecule has 0 radical (unpaired) electrons. The van der Waals surface area contributed by atoms with Gasteiger partial charge in [0.15, 0.2) is 7.98 Å². The van der Waals surface area contributed by atoms with Crippen molar-refractivity contribution in [2.24, 2.45) is 0 Å². The van der Waals surface area contributed by atoms with Gasteiger partial charge in [0, 0.05) is 45.3 Å². The third-order valence-electron chi connectivity index (χ3n) is 4.57. The van der Waals surface area contributed by atoms with Crippen LogP contribution < -0.4 is 0 Å². The lowest BCUT2D eigenvalue weighted by molar-refractivity contribution is -0.117. The number of carbonyl (C=O) groups is 2. The van der Waals surface area contributed by atoms with Gasteiger partial charge in [-0.15, -0.1) is 0 Å². The average molecular weight is 316 g/mol. The number of hydrogen-bond donors (Lipinski definition) is 0. The smallest absolute Gasteiger partial charge is 0.227 e. The summed E-state index contributed by atoms with van der Waals surface area (Å²) >= 11 is 0. The molecule has 3 aliphatic heterocycles. The van der Waals surface area contributed by atoms with E-state index in [0.29, 0.717) is 17.1 Å². The molecule has 3 saturated heterocycles. The van der Waals surface area contributed by atoms with Gasteiger partial charge < -0.3 is 19.5 Å². The molecule has 4 rings (SSSR count). The first kappa shape index (κ1) is 16.1. The highest BCUT2D eigenvalue weighted by molar-refractivity contribution is 6.22. The molecule has 0 unspecified atom stereocenters. The van der Waals surface area contributed by atoms with E-state index in [2.05, 4.69) is 26.6 Å². The molecule has 6 nitrogen and oxygen atoms in total. The molecule has 0 N–H and O–H groups in total. The average Bonchev–Trinajstić information content (AvgIpc) is 3.42. The molecule has 0 aromatic carbocycles. The molecule has 4 aliphatic rings. The summed E-state index contributed by atoms with van der Waals surface area (Å²) in [6.07, 6.45) is 1.52. The zero-order chi connectivity index (χ0) is 16.6. The maximum absolute atomic E-state index is 12.4. The second-order valence-electron chi connectivity index (χ2n) is 6.37. The van der Waals surface area contributed by atoms with E-state index in [1.165, 1.54) is 6.08 Å². The lowest BCUT2D eigenvalue weighted by Gasteiger charge is -2.21. The molecule has 3 fully saturated rings. The highest BCUT2D eigenvalue weighted by Crippen LogP contribution is 2.33. The van der Waals surface area contributed by atoms with Gasteiger partial charge >= 0.3 is 0 Å². The van der Waals surface area contributed by atoms with Gasteiger partial charge in [-0.1, -0.05) is 13.8 Å². The summed E-state index contributed by atoms with van der Waals surface area (Å²) in [6, 6.07) is 0. The molecule has 3 heterocycles. The minimum absolute atomic E-state index is 0.00546. The van der Waals surface area contributed by atoms with Crippen LogP contribution in [0.15, 0.2) is 23.2 Å². The summed E-state index contributed by atoms with van der Waals surface area (Å²) < 4.78 is 0. The molecule has 0 saturated carbocycles. The van der Waals surface area contributed by atoms with Crippen molar-refractivity contribution in [1.29, 1.82) is 0 Å². The Morgan fingerprint density at radius 2 is 1.39 bits per heavy atom. The van der Waals surface area contributed by atoms with Crippen LogP contribution in [0.2, 0.25) is 0 Å². The maximum Gasteiger partial charge on any atom is 0.227 e. The fraction of sp³-hybridized carbons (Fsp3) is 0.625. The SMILES string of the molecule is BN(CC)CC.O=C1C=C(N2CC2)C(=O)C(N2CC2)=C1N1CC1. The third kappa shape index (κ3) is 3.60. The first-order valence-electron chi connectivity index (χ1n) is 8.55. The highest BCUT2D eigenvalue weighted by atomic mass is 16.1. The predicted octanol–water partition coefficient (Wildman–Crippen LogP) is -0.943. The molecular formula is C16H25BN4O2. The normalized spacial score (nSPS) is 22.2. The van der Waals surface area contributed by atoms with Gasteiger partial charge in [-0.25, -0.2) is 0 Å². The van der Waals surface area contributed by atoms with Crippen LogP contribution in [0.3, 0.4) is 0 Å². The maximum atomic E-state index is 12.4. The van der Waals surface area contributed by atoms with Crippen LogP contribution in [0.1, 0.15) is 13.8 Å². The van der Waals surface area contributed by atoms with Crippen LogP contribution in [-0.2, 0) is 9.59 Å². The van der Waals surface area contributed by atoms with Crippen molar-refractivity contribution in [3.05, 3.63) is 23.2 Å². The van der Waals surface area contributed by atoms with E-state index < -0.39 is 0 Å². The van der Waals surface area contributed by atoms with Crippen molar-refractivity contribution in [3.63, 3.8) is 0 Å². The van der Waals surface area contributed by atoms with Crippen LogP contribution in [-0.4, -0.2) is 91.4 Å². The van der Waals surface area contributed by atoms with Gasteiger partial charge in [-0.2, -0.15) is 0 Å². The quantitative estimate of drug-likeness (QED) is 0.371. The molecule has 23 heavy (non-hydrogen) atoms. The van der Waals surface area contributed by atoms with Crippen molar-refractivity contribution in [2.75, 3.05) is 52.4 Å². The molecule has 0 aromatic rings. The van der Waals surface area contributed by atoms with Gasteiger partial charge in [0.05, 0.1) is 5.70 Å². The first-order valence-corrected chi connectivity index (χ1v) is 8.55. The van der Waals surface area contributed by atoms with E-state index in [-0.39, 0.29) is 11.6 Å². The lowest BCUT2D eigenvalue weighted by Crippen LogP contribution is -2.29. The fourth-order valence-corrected chi connectivity index (χ4v) is 2.50. The number of ketones is 2. The Labute approximate surface area is 138 Å². The molecule has 0 amide bonds. The first-order chi connectivity index (χ1) is 11.1. The summed E-state index contributed by atoms with van der Waals surface area (Å²) in [4.78, 5) is 32.7. The highest BCUT2D eigenvalue weighted by Gasteiger charge is 2.43. The van der Waals surface area contributed by atoms with E-state index >= 15 is 0 Å². The lowest BCUT2D eigenvalue weighted by atomic mass is 10.0. The Morgan fingerprint density at radius 1 is 0.913 bits per heavy atom. The van der Waals surface area contributed by atoms with Crippen LogP contribution in [0.5, 0.6) is 0 Å². The number of nitrogens with zero attached hydrogens (tertiary/aromatic N) is 4. The number of carbonyl (C=O) groups excluding carboxylic acids is 2.